The Morgan fingerprint density at radius 2 is 1.91 bits per heavy atom. The highest BCUT2D eigenvalue weighted by Crippen LogP contribution is 2.21. The summed E-state index contributed by atoms with van der Waals surface area (Å²) in [7, 11) is 1.63. The summed E-state index contributed by atoms with van der Waals surface area (Å²) in [5.41, 5.74) is 3.95. The number of carbonyl (C=O) groups is 1. The van der Waals surface area contributed by atoms with Crippen molar-refractivity contribution in [2.24, 2.45) is 4.99 Å². The van der Waals surface area contributed by atoms with Gasteiger partial charge in [0.15, 0.2) is 11.7 Å². The van der Waals surface area contributed by atoms with Crippen molar-refractivity contribution in [1.82, 2.24) is 20.9 Å². The standard InChI is InChI=1S/C24H29N5O2.HI/c1-4-26-24(27-13-12-18-6-5-7-20(14-18)23(30)25-3)29-16-22-28-15-21(31-22)19-10-8-17(2)9-11-19;/h5-11,14-15H,4,12-13,16H2,1-3H3,(H,25,30)(H2,26,27,29);1H. The first kappa shape index (κ1) is 25.4. The Morgan fingerprint density at radius 3 is 2.62 bits per heavy atom. The molecule has 3 N–H and O–H groups in total. The molecule has 0 saturated heterocycles. The van der Waals surface area contributed by atoms with Crippen LogP contribution in [0.25, 0.3) is 11.3 Å². The van der Waals surface area contributed by atoms with Crippen molar-refractivity contribution in [1.29, 1.82) is 0 Å². The topological polar surface area (TPSA) is 91.6 Å². The van der Waals surface area contributed by atoms with Gasteiger partial charge in [0.2, 0.25) is 5.89 Å². The van der Waals surface area contributed by atoms with Crippen molar-refractivity contribution >= 4 is 35.8 Å². The van der Waals surface area contributed by atoms with E-state index in [1.54, 1.807) is 13.2 Å². The molecule has 0 radical (unpaired) electrons. The average Bonchev–Trinajstić information content (AvgIpc) is 3.26. The smallest absolute Gasteiger partial charge is 0.251 e. The molecule has 170 valence electrons. The van der Waals surface area contributed by atoms with Crippen molar-refractivity contribution in [2.75, 3.05) is 20.1 Å². The number of aryl methyl sites for hydroxylation is 1. The van der Waals surface area contributed by atoms with Crippen LogP contribution in [0.1, 0.15) is 34.3 Å². The fraction of sp³-hybridized carbons (Fsp3) is 0.292. The van der Waals surface area contributed by atoms with Crippen molar-refractivity contribution in [3.05, 3.63) is 77.3 Å². The van der Waals surface area contributed by atoms with Gasteiger partial charge in [0.1, 0.15) is 6.54 Å². The lowest BCUT2D eigenvalue weighted by molar-refractivity contribution is 0.0963. The molecule has 0 unspecified atom stereocenters. The largest absolute Gasteiger partial charge is 0.439 e. The van der Waals surface area contributed by atoms with E-state index in [0.717, 1.165) is 29.9 Å². The van der Waals surface area contributed by atoms with Crippen LogP contribution in [0.5, 0.6) is 0 Å². The number of hydrogen-bond donors (Lipinski definition) is 3. The molecule has 32 heavy (non-hydrogen) atoms. The van der Waals surface area contributed by atoms with Crippen LogP contribution < -0.4 is 16.0 Å². The third kappa shape index (κ3) is 7.37. The Balaban J connectivity index is 0.00000363. The summed E-state index contributed by atoms with van der Waals surface area (Å²) >= 11 is 0. The van der Waals surface area contributed by atoms with E-state index in [1.807, 2.05) is 55.5 Å². The summed E-state index contributed by atoms with van der Waals surface area (Å²) in [4.78, 5) is 20.7. The van der Waals surface area contributed by atoms with Gasteiger partial charge >= 0.3 is 0 Å². The molecule has 0 spiro atoms. The van der Waals surface area contributed by atoms with Crippen LogP contribution in [0.15, 0.2) is 64.1 Å². The van der Waals surface area contributed by atoms with E-state index in [2.05, 4.69) is 32.9 Å². The second-order valence-corrected chi connectivity index (χ2v) is 7.14. The molecule has 3 aromatic rings. The summed E-state index contributed by atoms with van der Waals surface area (Å²) < 4.78 is 5.85. The molecule has 3 rings (SSSR count). The molecule has 0 aliphatic carbocycles. The molecule has 8 heteroatoms. The molecule has 0 aliphatic heterocycles. The summed E-state index contributed by atoms with van der Waals surface area (Å²) in [6, 6.07) is 15.8. The predicted molar refractivity (Wildman–Crippen MR) is 138 cm³/mol. The number of oxazole rings is 1. The number of hydrogen-bond acceptors (Lipinski definition) is 4. The van der Waals surface area contributed by atoms with Gasteiger partial charge in [0.25, 0.3) is 5.91 Å². The zero-order valence-electron chi connectivity index (χ0n) is 18.6. The Morgan fingerprint density at radius 1 is 1.12 bits per heavy atom. The number of amides is 1. The van der Waals surface area contributed by atoms with Crippen molar-refractivity contribution in [3.63, 3.8) is 0 Å². The highest BCUT2D eigenvalue weighted by molar-refractivity contribution is 14.0. The highest BCUT2D eigenvalue weighted by atomic mass is 127. The van der Waals surface area contributed by atoms with E-state index in [1.165, 1.54) is 5.56 Å². The van der Waals surface area contributed by atoms with E-state index < -0.39 is 0 Å². The monoisotopic (exact) mass is 547 g/mol. The quantitative estimate of drug-likeness (QED) is 0.226. The average molecular weight is 547 g/mol. The first-order chi connectivity index (χ1) is 15.1. The minimum absolute atomic E-state index is 0. The molecule has 0 bridgehead atoms. The van der Waals surface area contributed by atoms with Crippen molar-refractivity contribution < 1.29 is 9.21 Å². The van der Waals surface area contributed by atoms with Gasteiger partial charge in [-0.3, -0.25) is 4.79 Å². The Bertz CT molecular complexity index is 1030. The number of aromatic nitrogens is 1. The summed E-state index contributed by atoms with van der Waals surface area (Å²) in [5, 5.41) is 9.19. The number of nitrogens with one attached hydrogen (secondary N) is 3. The summed E-state index contributed by atoms with van der Waals surface area (Å²) in [6.45, 7) is 5.84. The van der Waals surface area contributed by atoms with E-state index in [4.69, 9.17) is 4.42 Å². The number of halogens is 1. The molecular weight excluding hydrogens is 517 g/mol. The predicted octanol–water partition coefficient (Wildman–Crippen LogP) is 3.93. The lowest BCUT2D eigenvalue weighted by Crippen LogP contribution is -2.38. The summed E-state index contributed by atoms with van der Waals surface area (Å²) in [6.07, 6.45) is 2.50. The number of benzene rings is 2. The number of rotatable bonds is 8. The Hall–Kier alpha value is -2.88. The van der Waals surface area contributed by atoms with Crippen LogP contribution in [0.2, 0.25) is 0 Å². The maximum absolute atomic E-state index is 11.8. The van der Waals surface area contributed by atoms with Crippen LogP contribution >= 0.6 is 24.0 Å². The lowest BCUT2D eigenvalue weighted by atomic mass is 10.1. The first-order valence-corrected chi connectivity index (χ1v) is 10.4. The van der Waals surface area contributed by atoms with Crippen LogP contribution in [0, 0.1) is 6.92 Å². The molecule has 1 aromatic heterocycles. The van der Waals surface area contributed by atoms with Gasteiger partial charge in [0.05, 0.1) is 6.20 Å². The van der Waals surface area contributed by atoms with Gasteiger partial charge in [-0.25, -0.2) is 9.98 Å². The van der Waals surface area contributed by atoms with Gasteiger partial charge in [-0.1, -0.05) is 42.0 Å². The molecule has 1 amide bonds. The lowest BCUT2D eigenvalue weighted by Gasteiger charge is -2.11. The number of carbonyl (C=O) groups excluding carboxylic acids is 1. The summed E-state index contributed by atoms with van der Waals surface area (Å²) in [5.74, 6) is 1.91. The highest BCUT2D eigenvalue weighted by Gasteiger charge is 2.07. The zero-order valence-corrected chi connectivity index (χ0v) is 21.0. The van der Waals surface area contributed by atoms with Gasteiger partial charge < -0.3 is 20.4 Å². The second kappa shape index (κ2) is 12.8. The minimum Gasteiger partial charge on any atom is -0.439 e. The molecule has 0 saturated carbocycles. The molecule has 7 nitrogen and oxygen atoms in total. The van der Waals surface area contributed by atoms with Crippen molar-refractivity contribution in [2.45, 2.75) is 26.8 Å². The Labute approximate surface area is 206 Å². The van der Waals surface area contributed by atoms with Crippen LogP contribution in [0.4, 0.5) is 0 Å². The first-order valence-electron chi connectivity index (χ1n) is 10.4. The molecule has 0 atom stereocenters. The maximum atomic E-state index is 11.8. The zero-order chi connectivity index (χ0) is 22.1. The van der Waals surface area contributed by atoms with Gasteiger partial charge in [-0.15, -0.1) is 24.0 Å². The normalized spacial score (nSPS) is 10.9. The molecule has 0 aliphatic rings. The SMILES string of the molecule is CCNC(=NCc1ncc(-c2ccc(C)cc2)o1)NCCc1cccc(C(=O)NC)c1.I. The number of aliphatic imine (C=N–C) groups is 1. The van der Waals surface area contributed by atoms with Gasteiger partial charge in [-0.2, -0.15) is 0 Å². The minimum atomic E-state index is -0.0827. The molecular formula is C24H30IN5O2. The fourth-order valence-corrected chi connectivity index (χ4v) is 3.06. The fourth-order valence-electron chi connectivity index (χ4n) is 3.06. The van der Waals surface area contributed by atoms with E-state index in [0.29, 0.717) is 30.5 Å². The van der Waals surface area contributed by atoms with Gasteiger partial charge in [0, 0.05) is 31.3 Å². The third-order valence-electron chi connectivity index (χ3n) is 4.73. The molecule has 0 fully saturated rings. The third-order valence-corrected chi connectivity index (χ3v) is 4.73. The van der Waals surface area contributed by atoms with E-state index in [-0.39, 0.29) is 29.9 Å². The van der Waals surface area contributed by atoms with E-state index >= 15 is 0 Å². The second-order valence-electron chi connectivity index (χ2n) is 7.14. The Kier molecular flexibility index (Phi) is 10.2. The number of nitrogens with zero attached hydrogens (tertiary/aromatic N) is 2. The number of guanidine groups is 1. The van der Waals surface area contributed by atoms with Gasteiger partial charge in [-0.05, 0) is 38.0 Å². The maximum Gasteiger partial charge on any atom is 0.251 e. The van der Waals surface area contributed by atoms with Crippen LogP contribution in [0.3, 0.4) is 0 Å². The molecule has 2 aromatic carbocycles. The van der Waals surface area contributed by atoms with Crippen LogP contribution in [-0.2, 0) is 13.0 Å². The molecule has 1 heterocycles. The van der Waals surface area contributed by atoms with E-state index in [9.17, 15) is 4.79 Å². The van der Waals surface area contributed by atoms with Crippen LogP contribution in [-0.4, -0.2) is 37.0 Å². The van der Waals surface area contributed by atoms with Crippen molar-refractivity contribution in [3.8, 4) is 11.3 Å².